The number of rotatable bonds is 4. The summed E-state index contributed by atoms with van der Waals surface area (Å²) in [6.45, 7) is 3.33. The molecule has 2 unspecified atom stereocenters. The highest BCUT2D eigenvalue weighted by molar-refractivity contribution is 6.32. The zero-order chi connectivity index (χ0) is 12.3. The first-order valence-electron chi connectivity index (χ1n) is 5.96. The van der Waals surface area contributed by atoms with Crippen molar-refractivity contribution >= 4 is 11.6 Å². The summed E-state index contributed by atoms with van der Waals surface area (Å²) in [4.78, 5) is 0. The van der Waals surface area contributed by atoms with Crippen LogP contribution in [0.2, 0.25) is 5.02 Å². The fourth-order valence-corrected chi connectivity index (χ4v) is 2.12. The van der Waals surface area contributed by atoms with Crippen LogP contribution in [0.1, 0.15) is 31.4 Å². The molecule has 0 radical (unpaired) electrons. The largest absolute Gasteiger partial charge is 0.489 e. The highest BCUT2D eigenvalue weighted by atomic mass is 35.5. The molecule has 0 saturated carbocycles. The quantitative estimate of drug-likeness (QED) is 0.900. The van der Waals surface area contributed by atoms with Crippen molar-refractivity contribution in [3.8, 4) is 5.75 Å². The van der Waals surface area contributed by atoms with E-state index in [0.717, 1.165) is 25.0 Å². The number of hydrogen-bond acceptors (Lipinski definition) is 3. The third kappa shape index (κ3) is 3.35. The van der Waals surface area contributed by atoms with Gasteiger partial charge in [0.15, 0.2) is 0 Å². The Morgan fingerprint density at radius 2 is 2.41 bits per heavy atom. The van der Waals surface area contributed by atoms with Gasteiger partial charge < -0.3 is 15.2 Å². The van der Waals surface area contributed by atoms with Crippen LogP contribution in [0.4, 0.5) is 0 Å². The number of nitrogens with two attached hydrogens (primary N) is 1. The van der Waals surface area contributed by atoms with Gasteiger partial charge in [0.1, 0.15) is 12.4 Å². The van der Waals surface area contributed by atoms with Crippen molar-refractivity contribution in [3.63, 3.8) is 0 Å². The van der Waals surface area contributed by atoms with Crippen LogP contribution < -0.4 is 10.5 Å². The molecule has 0 aromatic heterocycles. The summed E-state index contributed by atoms with van der Waals surface area (Å²) in [6, 6.07) is 5.66. The maximum atomic E-state index is 6.14. The van der Waals surface area contributed by atoms with Gasteiger partial charge in [0.25, 0.3) is 0 Å². The number of hydrogen-bond donors (Lipinski definition) is 1. The lowest BCUT2D eigenvalue weighted by molar-refractivity contribution is 0.0680. The first-order valence-corrected chi connectivity index (χ1v) is 6.34. The van der Waals surface area contributed by atoms with Crippen molar-refractivity contribution in [1.29, 1.82) is 0 Å². The van der Waals surface area contributed by atoms with E-state index in [9.17, 15) is 0 Å². The molecule has 0 spiro atoms. The number of benzene rings is 1. The second-order valence-corrected chi connectivity index (χ2v) is 4.83. The first-order chi connectivity index (χ1) is 8.16. The molecular weight excluding hydrogens is 238 g/mol. The fraction of sp³-hybridized carbons (Fsp3) is 0.538. The minimum Gasteiger partial charge on any atom is -0.489 e. The van der Waals surface area contributed by atoms with Crippen LogP contribution in [0, 0.1) is 0 Å². The van der Waals surface area contributed by atoms with Crippen molar-refractivity contribution in [1.82, 2.24) is 0 Å². The van der Waals surface area contributed by atoms with Gasteiger partial charge in [-0.15, -0.1) is 0 Å². The third-order valence-corrected chi connectivity index (χ3v) is 3.23. The van der Waals surface area contributed by atoms with Gasteiger partial charge in [-0.05, 0) is 37.5 Å². The van der Waals surface area contributed by atoms with E-state index in [1.54, 1.807) is 0 Å². The van der Waals surface area contributed by atoms with Gasteiger partial charge in [-0.3, -0.25) is 0 Å². The smallest absolute Gasteiger partial charge is 0.138 e. The molecule has 1 aliphatic heterocycles. The van der Waals surface area contributed by atoms with Crippen molar-refractivity contribution in [3.05, 3.63) is 28.8 Å². The topological polar surface area (TPSA) is 44.5 Å². The standard InChI is InChI=1S/C13H18ClNO2/c1-9(15)10-4-5-13(12(14)7-10)17-8-11-3-2-6-16-11/h4-5,7,9,11H,2-3,6,8,15H2,1H3. The zero-order valence-corrected chi connectivity index (χ0v) is 10.7. The third-order valence-electron chi connectivity index (χ3n) is 2.93. The molecule has 2 N–H and O–H groups in total. The minimum atomic E-state index is -0.0142. The SMILES string of the molecule is CC(N)c1ccc(OCC2CCCO2)c(Cl)c1. The molecule has 3 nitrogen and oxygen atoms in total. The first kappa shape index (κ1) is 12.7. The van der Waals surface area contributed by atoms with Crippen LogP contribution in [0.3, 0.4) is 0 Å². The average Bonchev–Trinajstić information content (AvgIpc) is 2.80. The molecule has 1 fully saturated rings. The molecule has 2 atom stereocenters. The van der Waals surface area contributed by atoms with Gasteiger partial charge in [-0.1, -0.05) is 17.7 Å². The summed E-state index contributed by atoms with van der Waals surface area (Å²) >= 11 is 6.14. The van der Waals surface area contributed by atoms with Crippen LogP contribution in [-0.4, -0.2) is 19.3 Å². The van der Waals surface area contributed by atoms with E-state index in [-0.39, 0.29) is 12.1 Å². The lowest BCUT2D eigenvalue weighted by Crippen LogP contribution is -2.16. The predicted molar refractivity (Wildman–Crippen MR) is 68.5 cm³/mol. The summed E-state index contributed by atoms with van der Waals surface area (Å²) in [6.07, 6.45) is 2.39. The Bertz CT molecular complexity index is 376. The molecule has 0 amide bonds. The molecule has 0 bridgehead atoms. The van der Waals surface area contributed by atoms with E-state index in [2.05, 4.69) is 0 Å². The summed E-state index contributed by atoms with van der Waals surface area (Å²) < 4.78 is 11.1. The maximum Gasteiger partial charge on any atom is 0.138 e. The second-order valence-electron chi connectivity index (χ2n) is 4.42. The minimum absolute atomic E-state index is 0.0142. The highest BCUT2D eigenvalue weighted by Gasteiger charge is 2.16. The van der Waals surface area contributed by atoms with Gasteiger partial charge in [0, 0.05) is 12.6 Å². The van der Waals surface area contributed by atoms with E-state index in [1.165, 1.54) is 0 Å². The van der Waals surface area contributed by atoms with Crippen LogP contribution in [0.25, 0.3) is 0 Å². The van der Waals surface area contributed by atoms with Gasteiger partial charge in [-0.25, -0.2) is 0 Å². The highest BCUT2D eigenvalue weighted by Crippen LogP contribution is 2.28. The Hall–Kier alpha value is -0.770. The van der Waals surface area contributed by atoms with Crippen LogP contribution in [0.5, 0.6) is 5.75 Å². The molecule has 17 heavy (non-hydrogen) atoms. The molecule has 94 valence electrons. The Morgan fingerprint density at radius 3 is 3.00 bits per heavy atom. The Kier molecular flexibility index (Phi) is 4.26. The van der Waals surface area contributed by atoms with Crippen molar-refractivity contribution in [2.45, 2.75) is 31.9 Å². The van der Waals surface area contributed by atoms with Crippen LogP contribution in [0.15, 0.2) is 18.2 Å². The molecule has 0 aliphatic carbocycles. The molecule has 2 rings (SSSR count). The van der Waals surface area contributed by atoms with E-state index in [0.29, 0.717) is 17.4 Å². The summed E-state index contributed by atoms with van der Waals surface area (Å²) in [5.41, 5.74) is 6.80. The average molecular weight is 256 g/mol. The molecule has 1 heterocycles. The number of ether oxygens (including phenoxy) is 2. The summed E-state index contributed by atoms with van der Waals surface area (Å²) in [5, 5.41) is 0.609. The fourth-order valence-electron chi connectivity index (χ4n) is 1.88. The van der Waals surface area contributed by atoms with E-state index < -0.39 is 0 Å². The van der Waals surface area contributed by atoms with E-state index >= 15 is 0 Å². The zero-order valence-electron chi connectivity index (χ0n) is 9.99. The lowest BCUT2D eigenvalue weighted by atomic mass is 10.1. The normalized spacial score (nSPS) is 21.5. The summed E-state index contributed by atoms with van der Waals surface area (Å²) in [5.74, 6) is 0.701. The van der Waals surface area contributed by atoms with E-state index in [4.69, 9.17) is 26.8 Å². The molecule has 1 aromatic carbocycles. The van der Waals surface area contributed by atoms with Gasteiger partial charge in [-0.2, -0.15) is 0 Å². The van der Waals surface area contributed by atoms with Gasteiger partial charge in [0.2, 0.25) is 0 Å². The molecule has 1 aromatic rings. The monoisotopic (exact) mass is 255 g/mol. The second kappa shape index (κ2) is 5.71. The Morgan fingerprint density at radius 1 is 1.59 bits per heavy atom. The molecule has 1 aliphatic rings. The van der Waals surface area contributed by atoms with E-state index in [1.807, 2.05) is 25.1 Å². The molecule has 1 saturated heterocycles. The molecular formula is C13H18ClNO2. The Labute approximate surface area is 107 Å². The maximum absolute atomic E-state index is 6.14. The predicted octanol–water partition coefficient (Wildman–Crippen LogP) is 2.92. The van der Waals surface area contributed by atoms with Crippen molar-refractivity contribution in [2.75, 3.05) is 13.2 Å². The Balaban J connectivity index is 1.96. The van der Waals surface area contributed by atoms with Gasteiger partial charge in [0.05, 0.1) is 11.1 Å². The van der Waals surface area contributed by atoms with Crippen molar-refractivity contribution < 1.29 is 9.47 Å². The van der Waals surface area contributed by atoms with Crippen molar-refractivity contribution in [2.24, 2.45) is 5.73 Å². The van der Waals surface area contributed by atoms with Crippen LogP contribution in [-0.2, 0) is 4.74 Å². The lowest BCUT2D eigenvalue weighted by Gasteiger charge is -2.14. The summed E-state index contributed by atoms with van der Waals surface area (Å²) in [7, 11) is 0. The van der Waals surface area contributed by atoms with Gasteiger partial charge >= 0.3 is 0 Å². The number of halogens is 1. The molecule has 4 heteroatoms. The van der Waals surface area contributed by atoms with Crippen LogP contribution >= 0.6 is 11.6 Å².